The van der Waals surface area contributed by atoms with Crippen LogP contribution in [-0.4, -0.2) is 24.9 Å². The Morgan fingerprint density at radius 1 is 1.27 bits per heavy atom. The zero-order chi connectivity index (χ0) is 18.7. The second-order valence-corrected chi connectivity index (χ2v) is 9.47. The summed E-state index contributed by atoms with van der Waals surface area (Å²) in [5.74, 6) is 0. The van der Waals surface area contributed by atoms with E-state index >= 15 is 0 Å². The Labute approximate surface area is 169 Å². The summed E-state index contributed by atoms with van der Waals surface area (Å²) in [4.78, 5) is 8.37. The molecule has 0 aliphatic carbocycles. The van der Waals surface area contributed by atoms with E-state index in [4.69, 9.17) is 11.6 Å². The van der Waals surface area contributed by atoms with Crippen LogP contribution in [0.25, 0.3) is 10.6 Å². The Kier molecular flexibility index (Phi) is 6.09. The number of benzene rings is 1. The van der Waals surface area contributed by atoms with Crippen molar-refractivity contribution < 1.29 is 8.42 Å². The highest BCUT2D eigenvalue weighted by Crippen LogP contribution is 2.25. The summed E-state index contributed by atoms with van der Waals surface area (Å²) in [5.41, 5.74) is 3.09. The minimum absolute atomic E-state index is 0.0489. The van der Waals surface area contributed by atoms with E-state index in [-0.39, 0.29) is 16.6 Å². The molecule has 0 fully saturated rings. The van der Waals surface area contributed by atoms with E-state index in [2.05, 4.69) is 30.6 Å². The van der Waals surface area contributed by atoms with Crippen LogP contribution in [0.2, 0.25) is 5.15 Å². The van der Waals surface area contributed by atoms with E-state index in [0.717, 1.165) is 16.3 Å². The van der Waals surface area contributed by atoms with Gasteiger partial charge in [0.05, 0.1) is 5.69 Å². The molecule has 0 atom stereocenters. The van der Waals surface area contributed by atoms with Gasteiger partial charge in [0.2, 0.25) is 10.0 Å². The first-order valence-electron chi connectivity index (χ1n) is 7.67. The lowest BCUT2D eigenvalue weighted by molar-refractivity contribution is 0.581. The Morgan fingerprint density at radius 2 is 2.00 bits per heavy atom. The number of nitrogens with zero attached hydrogens (tertiary/aromatic N) is 2. The van der Waals surface area contributed by atoms with Crippen molar-refractivity contribution in [1.29, 1.82) is 0 Å². The maximum Gasteiger partial charge on any atom is 0.243 e. The predicted octanol–water partition coefficient (Wildman–Crippen LogP) is 4.45. The average Bonchev–Trinajstić information content (AvgIpc) is 3.06. The molecule has 5 nitrogen and oxygen atoms in total. The maximum absolute atomic E-state index is 12.4. The zero-order valence-electron chi connectivity index (χ0n) is 13.7. The summed E-state index contributed by atoms with van der Waals surface area (Å²) < 4.78 is 27.8. The second kappa shape index (κ2) is 8.14. The fraction of sp³-hybridized carbons (Fsp3) is 0.176. The highest BCUT2D eigenvalue weighted by Gasteiger charge is 2.19. The number of halogens is 2. The van der Waals surface area contributed by atoms with Crippen LogP contribution in [0.15, 0.2) is 51.3 Å². The van der Waals surface area contributed by atoms with Crippen molar-refractivity contribution >= 4 is 48.9 Å². The third-order valence-corrected chi connectivity index (χ3v) is 6.85. The van der Waals surface area contributed by atoms with Crippen LogP contribution in [0.4, 0.5) is 0 Å². The van der Waals surface area contributed by atoms with E-state index in [9.17, 15) is 8.42 Å². The molecule has 0 aliphatic rings. The molecule has 3 rings (SSSR count). The molecule has 0 saturated heterocycles. The number of sulfonamides is 1. The van der Waals surface area contributed by atoms with Crippen LogP contribution in [0.3, 0.4) is 0 Å². The minimum Gasteiger partial charge on any atom is -0.242 e. The fourth-order valence-electron chi connectivity index (χ4n) is 2.23. The number of aryl methyl sites for hydroxylation is 1. The van der Waals surface area contributed by atoms with Crippen molar-refractivity contribution in [2.45, 2.75) is 18.2 Å². The molecular formula is C17H15BrClN3O2S2. The second-order valence-electron chi connectivity index (χ2n) is 5.60. The van der Waals surface area contributed by atoms with Crippen molar-refractivity contribution in [2.24, 2.45) is 0 Å². The first kappa shape index (κ1) is 19.4. The van der Waals surface area contributed by atoms with E-state index < -0.39 is 10.0 Å². The molecule has 26 heavy (non-hydrogen) atoms. The number of nitrogens with one attached hydrogen (secondary N) is 1. The topological polar surface area (TPSA) is 72.0 Å². The smallest absolute Gasteiger partial charge is 0.242 e. The van der Waals surface area contributed by atoms with Gasteiger partial charge in [0.25, 0.3) is 0 Å². The van der Waals surface area contributed by atoms with Gasteiger partial charge in [-0.2, -0.15) is 0 Å². The standard InChI is InChI=1S/C17H15BrClN3O2S2/c1-11-2-4-12(5-3-11)17-22-14(10-25-17)6-7-21-26(23,24)15-8-13(18)9-20-16(15)19/h2-5,8-10,21H,6-7H2,1H3. The van der Waals surface area contributed by atoms with Crippen LogP contribution in [-0.2, 0) is 16.4 Å². The van der Waals surface area contributed by atoms with Gasteiger partial charge in [-0.25, -0.2) is 23.1 Å². The van der Waals surface area contributed by atoms with Crippen molar-refractivity contribution in [1.82, 2.24) is 14.7 Å². The monoisotopic (exact) mass is 471 g/mol. The van der Waals surface area contributed by atoms with Gasteiger partial charge in [0.15, 0.2) is 0 Å². The van der Waals surface area contributed by atoms with Gasteiger partial charge in [-0.3, -0.25) is 0 Å². The molecule has 0 spiro atoms. The summed E-state index contributed by atoms with van der Waals surface area (Å²) >= 11 is 10.6. The van der Waals surface area contributed by atoms with Gasteiger partial charge in [-0.15, -0.1) is 11.3 Å². The quantitative estimate of drug-likeness (QED) is 0.538. The third-order valence-electron chi connectivity index (χ3n) is 3.59. The number of rotatable bonds is 6. The number of thiazole rings is 1. The Hall–Kier alpha value is -1.32. The molecule has 0 saturated carbocycles. The van der Waals surface area contributed by atoms with Gasteiger partial charge in [-0.1, -0.05) is 41.4 Å². The van der Waals surface area contributed by atoms with Gasteiger partial charge in [0, 0.05) is 34.6 Å². The molecule has 1 N–H and O–H groups in total. The van der Waals surface area contributed by atoms with Crippen molar-refractivity contribution in [3.63, 3.8) is 0 Å². The first-order valence-corrected chi connectivity index (χ1v) is 11.2. The molecule has 3 aromatic rings. The van der Waals surface area contributed by atoms with E-state index in [1.807, 2.05) is 36.6 Å². The predicted molar refractivity (Wildman–Crippen MR) is 108 cm³/mol. The summed E-state index contributed by atoms with van der Waals surface area (Å²) in [6, 6.07) is 9.57. The number of hydrogen-bond acceptors (Lipinski definition) is 5. The molecular weight excluding hydrogens is 458 g/mol. The highest BCUT2D eigenvalue weighted by atomic mass is 79.9. The van der Waals surface area contributed by atoms with Crippen LogP contribution in [0, 0.1) is 6.92 Å². The Balaban J connectivity index is 1.65. The lowest BCUT2D eigenvalue weighted by Crippen LogP contribution is -2.26. The van der Waals surface area contributed by atoms with Crippen molar-refractivity contribution in [2.75, 3.05) is 6.54 Å². The minimum atomic E-state index is -3.73. The van der Waals surface area contributed by atoms with Crippen molar-refractivity contribution in [3.8, 4) is 10.6 Å². The van der Waals surface area contributed by atoms with Crippen molar-refractivity contribution in [3.05, 3.63) is 62.8 Å². The molecule has 2 aromatic heterocycles. The van der Waals surface area contributed by atoms with Gasteiger partial charge >= 0.3 is 0 Å². The lowest BCUT2D eigenvalue weighted by atomic mass is 10.2. The number of aromatic nitrogens is 2. The Bertz CT molecular complexity index is 1020. The largest absolute Gasteiger partial charge is 0.243 e. The van der Waals surface area contributed by atoms with E-state index in [0.29, 0.717) is 10.9 Å². The van der Waals surface area contributed by atoms with Crippen LogP contribution in [0.1, 0.15) is 11.3 Å². The molecule has 0 unspecified atom stereocenters. The van der Waals surface area contributed by atoms with Crippen LogP contribution in [0.5, 0.6) is 0 Å². The highest BCUT2D eigenvalue weighted by molar-refractivity contribution is 9.10. The van der Waals surface area contributed by atoms with Crippen LogP contribution < -0.4 is 4.72 Å². The van der Waals surface area contributed by atoms with Gasteiger partial charge in [0.1, 0.15) is 15.1 Å². The molecule has 0 aliphatic heterocycles. The lowest BCUT2D eigenvalue weighted by Gasteiger charge is -2.07. The van der Waals surface area contributed by atoms with E-state index in [1.165, 1.54) is 17.8 Å². The van der Waals surface area contributed by atoms with E-state index in [1.54, 1.807) is 11.3 Å². The Morgan fingerprint density at radius 3 is 2.73 bits per heavy atom. The molecule has 0 amide bonds. The SMILES string of the molecule is Cc1ccc(-c2nc(CCNS(=O)(=O)c3cc(Br)cnc3Cl)cs2)cc1. The maximum atomic E-state index is 12.4. The van der Waals surface area contributed by atoms with Gasteiger partial charge in [-0.05, 0) is 28.9 Å². The summed E-state index contributed by atoms with van der Waals surface area (Å²) in [6.45, 7) is 2.26. The summed E-state index contributed by atoms with van der Waals surface area (Å²) in [7, 11) is -3.73. The molecule has 0 bridgehead atoms. The first-order chi connectivity index (χ1) is 12.3. The third kappa shape index (κ3) is 4.69. The zero-order valence-corrected chi connectivity index (χ0v) is 17.7. The molecule has 9 heteroatoms. The van der Waals surface area contributed by atoms with Crippen LogP contribution >= 0.6 is 38.9 Å². The average molecular weight is 473 g/mol. The normalized spacial score (nSPS) is 11.7. The molecule has 136 valence electrons. The van der Waals surface area contributed by atoms with Gasteiger partial charge < -0.3 is 0 Å². The summed E-state index contributed by atoms with van der Waals surface area (Å²) in [5, 5.41) is 2.80. The molecule has 0 radical (unpaired) electrons. The molecule has 1 aromatic carbocycles. The fourth-order valence-corrected chi connectivity index (χ4v) is 5.07. The number of pyridine rings is 1. The molecule has 2 heterocycles. The number of hydrogen-bond donors (Lipinski definition) is 1. The summed E-state index contributed by atoms with van der Waals surface area (Å²) in [6.07, 6.45) is 1.93.